The Labute approximate surface area is 123 Å². The summed E-state index contributed by atoms with van der Waals surface area (Å²) in [6, 6.07) is 6.43. The van der Waals surface area contributed by atoms with E-state index in [0.29, 0.717) is 23.7 Å². The minimum absolute atomic E-state index is 0.228. The Bertz CT molecular complexity index is 510. The zero-order chi connectivity index (χ0) is 15.1. The third-order valence-corrected chi connectivity index (χ3v) is 3.20. The molecule has 0 aromatic heterocycles. The number of amides is 1. The number of nitrogens with zero attached hydrogens (tertiary/aromatic N) is 1. The van der Waals surface area contributed by atoms with Gasteiger partial charge in [-0.15, -0.1) is 0 Å². The average Bonchev–Trinajstić information content (AvgIpc) is 2.39. The monoisotopic (exact) mass is 295 g/mol. The maximum atomic E-state index is 11.9. The SMILES string of the molecule is CCN(CC)C(=O)CC(=O)CC(=O)c1cccc(Cl)c1. The van der Waals surface area contributed by atoms with Gasteiger partial charge >= 0.3 is 0 Å². The molecule has 0 heterocycles. The highest BCUT2D eigenvalue weighted by molar-refractivity contribution is 6.31. The Morgan fingerprint density at radius 3 is 2.30 bits per heavy atom. The first kappa shape index (κ1) is 16.4. The first-order chi connectivity index (χ1) is 9.47. The summed E-state index contributed by atoms with van der Waals surface area (Å²) in [5.41, 5.74) is 0.390. The second kappa shape index (κ2) is 7.80. The van der Waals surface area contributed by atoms with Crippen molar-refractivity contribution in [1.82, 2.24) is 4.90 Å². The number of carbonyl (C=O) groups is 3. The number of Topliss-reactive ketones (excluding diaryl/α,β-unsaturated/α-hetero) is 2. The third kappa shape index (κ3) is 4.78. The molecule has 0 aliphatic heterocycles. The smallest absolute Gasteiger partial charge is 0.230 e. The van der Waals surface area contributed by atoms with E-state index in [0.717, 1.165) is 0 Å². The first-order valence-electron chi connectivity index (χ1n) is 6.56. The van der Waals surface area contributed by atoms with Crippen LogP contribution in [0.15, 0.2) is 24.3 Å². The fourth-order valence-corrected chi connectivity index (χ4v) is 2.05. The summed E-state index contributed by atoms with van der Waals surface area (Å²) >= 11 is 5.79. The van der Waals surface area contributed by atoms with Gasteiger partial charge < -0.3 is 4.90 Å². The largest absolute Gasteiger partial charge is 0.343 e. The van der Waals surface area contributed by atoms with Crippen LogP contribution >= 0.6 is 11.6 Å². The van der Waals surface area contributed by atoms with Gasteiger partial charge in [-0.2, -0.15) is 0 Å². The molecule has 1 aromatic rings. The molecule has 0 aliphatic rings. The molecule has 5 heteroatoms. The van der Waals surface area contributed by atoms with Gasteiger partial charge in [0.05, 0.1) is 12.8 Å². The highest BCUT2D eigenvalue weighted by Gasteiger charge is 2.18. The zero-order valence-electron chi connectivity index (χ0n) is 11.7. The molecule has 0 bridgehead atoms. The van der Waals surface area contributed by atoms with Gasteiger partial charge in [0.15, 0.2) is 5.78 Å². The topological polar surface area (TPSA) is 54.5 Å². The lowest BCUT2D eigenvalue weighted by atomic mass is 10.0. The highest BCUT2D eigenvalue weighted by Crippen LogP contribution is 2.13. The van der Waals surface area contributed by atoms with Crippen LogP contribution in [0, 0.1) is 0 Å². The van der Waals surface area contributed by atoms with Crippen molar-refractivity contribution in [3.8, 4) is 0 Å². The van der Waals surface area contributed by atoms with E-state index in [-0.39, 0.29) is 30.3 Å². The molecule has 0 N–H and O–H groups in total. The highest BCUT2D eigenvalue weighted by atomic mass is 35.5. The molecule has 0 atom stereocenters. The normalized spacial score (nSPS) is 10.2. The van der Waals surface area contributed by atoms with E-state index in [9.17, 15) is 14.4 Å². The van der Waals surface area contributed by atoms with Crippen LogP contribution in [0.5, 0.6) is 0 Å². The van der Waals surface area contributed by atoms with Crippen molar-refractivity contribution < 1.29 is 14.4 Å². The quantitative estimate of drug-likeness (QED) is 0.574. The van der Waals surface area contributed by atoms with Crippen molar-refractivity contribution in [2.24, 2.45) is 0 Å². The Morgan fingerprint density at radius 2 is 1.75 bits per heavy atom. The van der Waals surface area contributed by atoms with Crippen LogP contribution in [-0.2, 0) is 9.59 Å². The van der Waals surface area contributed by atoms with E-state index in [2.05, 4.69) is 0 Å². The lowest BCUT2D eigenvalue weighted by Crippen LogP contribution is -2.32. The summed E-state index contributed by atoms with van der Waals surface area (Å²) in [6.45, 7) is 4.82. The van der Waals surface area contributed by atoms with Crippen molar-refractivity contribution in [2.75, 3.05) is 13.1 Å². The Balaban J connectivity index is 2.58. The molecule has 0 unspecified atom stereocenters. The molecule has 0 saturated carbocycles. The third-order valence-electron chi connectivity index (χ3n) is 2.97. The van der Waals surface area contributed by atoms with Crippen molar-refractivity contribution in [3.63, 3.8) is 0 Å². The van der Waals surface area contributed by atoms with Gasteiger partial charge in [0.2, 0.25) is 5.91 Å². The average molecular weight is 296 g/mol. The molecule has 0 fully saturated rings. The predicted octanol–water partition coefficient (Wildman–Crippen LogP) is 2.74. The Hall–Kier alpha value is -1.68. The van der Waals surface area contributed by atoms with Crippen LogP contribution in [0.4, 0.5) is 0 Å². The van der Waals surface area contributed by atoms with Crippen molar-refractivity contribution in [2.45, 2.75) is 26.7 Å². The summed E-state index contributed by atoms with van der Waals surface area (Å²) in [7, 11) is 0. The number of halogens is 1. The summed E-state index contributed by atoms with van der Waals surface area (Å²) in [4.78, 5) is 37.0. The molecule has 0 spiro atoms. The van der Waals surface area contributed by atoms with E-state index in [1.165, 1.54) is 6.07 Å². The molecule has 1 amide bonds. The molecule has 108 valence electrons. The minimum Gasteiger partial charge on any atom is -0.343 e. The van der Waals surface area contributed by atoms with Crippen LogP contribution in [0.2, 0.25) is 5.02 Å². The fourth-order valence-electron chi connectivity index (χ4n) is 1.86. The molecular formula is C15H18ClNO3. The van der Waals surface area contributed by atoms with Gasteiger partial charge in [0, 0.05) is 23.7 Å². The number of hydrogen-bond acceptors (Lipinski definition) is 3. The lowest BCUT2D eigenvalue weighted by molar-refractivity contribution is -0.134. The van der Waals surface area contributed by atoms with Gasteiger partial charge in [-0.25, -0.2) is 0 Å². The van der Waals surface area contributed by atoms with Gasteiger partial charge in [-0.3, -0.25) is 14.4 Å². The maximum absolute atomic E-state index is 11.9. The molecule has 1 rings (SSSR count). The number of ketones is 2. The van der Waals surface area contributed by atoms with Crippen molar-refractivity contribution in [1.29, 1.82) is 0 Å². The second-order valence-electron chi connectivity index (χ2n) is 4.39. The molecule has 1 aromatic carbocycles. The van der Waals surface area contributed by atoms with Crippen molar-refractivity contribution >= 4 is 29.1 Å². The molecule has 4 nitrogen and oxygen atoms in total. The van der Waals surface area contributed by atoms with Crippen molar-refractivity contribution in [3.05, 3.63) is 34.9 Å². The van der Waals surface area contributed by atoms with E-state index in [1.807, 2.05) is 13.8 Å². The standard InChI is InChI=1S/C15H18ClNO3/c1-3-17(4-2)15(20)10-13(18)9-14(19)11-6-5-7-12(16)8-11/h5-8H,3-4,9-10H2,1-2H3. The number of rotatable bonds is 7. The predicted molar refractivity (Wildman–Crippen MR) is 78.0 cm³/mol. The van der Waals surface area contributed by atoms with Gasteiger partial charge in [0.25, 0.3) is 0 Å². The summed E-state index contributed by atoms with van der Waals surface area (Å²) in [5.74, 6) is -0.921. The summed E-state index contributed by atoms with van der Waals surface area (Å²) in [5, 5.41) is 0.447. The van der Waals surface area contributed by atoms with Crippen LogP contribution in [0.25, 0.3) is 0 Å². The van der Waals surface area contributed by atoms with Crippen LogP contribution in [0.1, 0.15) is 37.0 Å². The van der Waals surface area contributed by atoms with E-state index < -0.39 is 0 Å². The molecular weight excluding hydrogens is 278 g/mol. The zero-order valence-corrected chi connectivity index (χ0v) is 12.4. The van der Waals surface area contributed by atoms with Crippen LogP contribution < -0.4 is 0 Å². The number of carbonyl (C=O) groups excluding carboxylic acids is 3. The van der Waals surface area contributed by atoms with E-state index >= 15 is 0 Å². The lowest BCUT2D eigenvalue weighted by Gasteiger charge is -2.17. The summed E-state index contributed by atoms with van der Waals surface area (Å²) in [6.07, 6.45) is -0.499. The fraction of sp³-hybridized carbons (Fsp3) is 0.400. The second-order valence-corrected chi connectivity index (χ2v) is 4.83. The Morgan fingerprint density at radius 1 is 1.10 bits per heavy atom. The van der Waals surface area contributed by atoms with Gasteiger partial charge in [-0.1, -0.05) is 23.7 Å². The summed E-state index contributed by atoms with van der Waals surface area (Å²) < 4.78 is 0. The molecule has 0 aliphatic carbocycles. The maximum Gasteiger partial charge on any atom is 0.230 e. The number of hydrogen-bond donors (Lipinski definition) is 0. The molecule has 0 radical (unpaired) electrons. The van der Waals surface area contributed by atoms with E-state index in [1.54, 1.807) is 23.1 Å². The minimum atomic E-state index is -0.369. The van der Waals surface area contributed by atoms with Crippen LogP contribution in [0.3, 0.4) is 0 Å². The Kier molecular flexibility index (Phi) is 6.39. The first-order valence-corrected chi connectivity index (χ1v) is 6.94. The van der Waals surface area contributed by atoms with E-state index in [4.69, 9.17) is 11.6 Å². The van der Waals surface area contributed by atoms with Gasteiger partial charge in [0.1, 0.15) is 5.78 Å². The number of benzene rings is 1. The van der Waals surface area contributed by atoms with Crippen LogP contribution in [-0.4, -0.2) is 35.5 Å². The van der Waals surface area contributed by atoms with Gasteiger partial charge in [-0.05, 0) is 26.0 Å². The molecule has 20 heavy (non-hydrogen) atoms. The molecule has 0 saturated heterocycles.